The van der Waals surface area contributed by atoms with Crippen molar-refractivity contribution in [2.24, 2.45) is 0 Å². The molecule has 0 bridgehead atoms. The van der Waals surface area contributed by atoms with Gasteiger partial charge in [-0.2, -0.15) is 0 Å². The fourth-order valence-electron chi connectivity index (χ4n) is 1.87. The molecule has 0 fully saturated rings. The number of aliphatic carboxylic acids is 1. The Hall–Kier alpha value is -2.01. The van der Waals surface area contributed by atoms with E-state index in [0.29, 0.717) is 28.3 Å². The van der Waals surface area contributed by atoms with Crippen molar-refractivity contribution in [3.63, 3.8) is 0 Å². The molecule has 0 saturated heterocycles. The maximum Gasteiger partial charge on any atom is 0.326 e. The quantitative estimate of drug-likeness (QED) is 0.892. The summed E-state index contributed by atoms with van der Waals surface area (Å²) in [6, 6.07) is 4.23. The van der Waals surface area contributed by atoms with Gasteiger partial charge in [0.2, 0.25) is 0 Å². The van der Waals surface area contributed by atoms with Gasteiger partial charge in [-0.15, -0.1) is 0 Å². The van der Waals surface area contributed by atoms with Crippen molar-refractivity contribution in [3.05, 3.63) is 34.4 Å². The van der Waals surface area contributed by atoms with Gasteiger partial charge >= 0.3 is 5.97 Å². The number of carbonyl (C=O) groups is 2. The molecule has 0 aromatic heterocycles. The number of fused-ring (bicyclic) bond motifs is 1. The summed E-state index contributed by atoms with van der Waals surface area (Å²) in [4.78, 5) is 22.9. The lowest BCUT2D eigenvalue weighted by Crippen LogP contribution is -2.41. The zero-order valence-electron chi connectivity index (χ0n) is 10.9. The van der Waals surface area contributed by atoms with Gasteiger partial charge < -0.3 is 15.2 Å². The van der Waals surface area contributed by atoms with Gasteiger partial charge in [0, 0.05) is 10.6 Å². The molecule has 2 rings (SSSR count). The number of nitrogens with one attached hydrogen (secondary N) is 1. The Morgan fingerprint density at radius 2 is 2.25 bits per heavy atom. The number of benzene rings is 1. The monoisotopic (exact) mass is 295 g/mol. The van der Waals surface area contributed by atoms with Gasteiger partial charge in [0.1, 0.15) is 18.4 Å². The standard InChI is InChI=1S/C14H14ClNO4/c1-2-11(14(18)19)16-13(17)9-5-8-6-10(15)3-4-12(8)20-7-9/h3-6,11H,2,7H2,1H3,(H,16,17)(H,18,19)/t11-/m0/s1. The van der Waals surface area contributed by atoms with Crippen molar-refractivity contribution in [3.8, 4) is 5.75 Å². The lowest BCUT2D eigenvalue weighted by atomic mass is 10.1. The van der Waals surface area contributed by atoms with Gasteiger partial charge in [-0.25, -0.2) is 4.79 Å². The molecule has 0 aliphatic carbocycles. The molecule has 1 amide bonds. The second-order valence-corrected chi connectivity index (χ2v) is 4.85. The molecule has 0 spiro atoms. The summed E-state index contributed by atoms with van der Waals surface area (Å²) in [5, 5.41) is 11.9. The number of ether oxygens (including phenoxy) is 1. The van der Waals surface area contributed by atoms with E-state index < -0.39 is 17.9 Å². The van der Waals surface area contributed by atoms with Gasteiger partial charge in [-0.3, -0.25) is 4.79 Å². The first kappa shape index (κ1) is 14.4. The number of amides is 1. The third-order valence-electron chi connectivity index (χ3n) is 2.99. The largest absolute Gasteiger partial charge is 0.488 e. The zero-order chi connectivity index (χ0) is 14.7. The first-order valence-electron chi connectivity index (χ1n) is 6.18. The lowest BCUT2D eigenvalue weighted by molar-refractivity contribution is -0.141. The summed E-state index contributed by atoms with van der Waals surface area (Å²) >= 11 is 5.89. The van der Waals surface area contributed by atoms with Crippen LogP contribution in [0.15, 0.2) is 23.8 Å². The summed E-state index contributed by atoms with van der Waals surface area (Å²) in [6.45, 7) is 1.80. The molecular weight excluding hydrogens is 282 g/mol. The molecule has 1 aromatic rings. The van der Waals surface area contributed by atoms with Crippen LogP contribution in [0.25, 0.3) is 6.08 Å². The smallest absolute Gasteiger partial charge is 0.326 e. The summed E-state index contributed by atoms with van der Waals surface area (Å²) in [6.07, 6.45) is 1.98. The molecule has 1 atom stereocenters. The van der Waals surface area contributed by atoms with Crippen LogP contribution in [0.4, 0.5) is 0 Å². The second-order valence-electron chi connectivity index (χ2n) is 4.41. The van der Waals surface area contributed by atoms with E-state index in [1.165, 1.54) is 0 Å². The van der Waals surface area contributed by atoms with Crippen LogP contribution < -0.4 is 10.1 Å². The fourth-order valence-corrected chi connectivity index (χ4v) is 2.05. The molecule has 0 saturated carbocycles. The molecule has 5 nitrogen and oxygen atoms in total. The maximum atomic E-state index is 12.0. The summed E-state index contributed by atoms with van der Waals surface area (Å²) in [5.74, 6) is -0.845. The normalized spacial score (nSPS) is 14.6. The SMILES string of the molecule is CC[C@H](NC(=O)C1=Cc2cc(Cl)ccc2OC1)C(=O)O. The Labute approximate surface area is 121 Å². The van der Waals surface area contributed by atoms with E-state index in [0.717, 1.165) is 0 Å². The predicted octanol–water partition coefficient (Wildman–Crippen LogP) is 2.10. The highest BCUT2D eigenvalue weighted by Gasteiger charge is 2.22. The third-order valence-corrected chi connectivity index (χ3v) is 3.22. The van der Waals surface area contributed by atoms with Gasteiger partial charge in [0.15, 0.2) is 0 Å². The number of rotatable bonds is 4. The number of carbonyl (C=O) groups excluding carboxylic acids is 1. The lowest BCUT2D eigenvalue weighted by Gasteiger charge is -2.19. The molecule has 0 radical (unpaired) electrons. The predicted molar refractivity (Wildman–Crippen MR) is 74.8 cm³/mol. The van der Waals surface area contributed by atoms with Gasteiger partial charge in [0.25, 0.3) is 5.91 Å². The Balaban J connectivity index is 2.18. The van der Waals surface area contributed by atoms with Crippen molar-refractivity contribution in [2.45, 2.75) is 19.4 Å². The van der Waals surface area contributed by atoms with Crippen molar-refractivity contribution in [1.82, 2.24) is 5.32 Å². The molecule has 106 valence electrons. The molecule has 1 aliphatic heterocycles. The number of carboxylic acids is 1. The van der Waals surface area contributed by atoms with E-state index >= 15 is 0 Å². The number of hydrogen-bond acceptors (Lipinski definition) is 3. The van der Waals surface area contributed by atoms with Crippen LogP contribution in [0, 0.1) is 0 Å². The second kappa shape index (κ2) is 5.96. The van der Waals surface area contributed by atoms with E-state index in [1.807, 2.05) is 0 Å². The molecule has 1 heterocycles. The van der Waals surface area contributed by atoms with E-state index in [1.54, 1.807) is 31.2 Å². The topological polar surface area (TPSA) is 75.6 Å². The highest BCUT2D eigenvalue weighted by molar-refractivity contribution is 6.30. The van der Waals surface area contributed by atoms with Gasteiger partial charge in [-0.05, 0) is 30.7 Å². The average molecular weight is 296 g/mol. The first-order valence-corrected chi connectivity index (χ1v) is 6.55. The van der Waals surface area contributed by atoms with Crippen LogP contribution in [0.3, 0.4) is 0 Å². The Kier molecular flexibility index (Phi) is 4.29. The highest BCUT2D eigenvalue weighted by atomic mass is 35.5. The zero-order valence-corrected chi connectivity index (χ0v) is 11.6. The van der Waals surface area contributed by atoms with Crippen LogP contribution in [0.1, 0.15) is 18.9 Å². The Morgan fingerprint density at radius 1 is 1.50 bits per heavy atom. The molecule has 20 heavy (non-hydrogen) atoms. The highest BCUT2D eigenvalue weighted by Crippen LogP contribution is 2.28. The number of halogens is 1. The minimum absolute atomic E-state index is 0.108. The average Bonchev–Trinajstić information content (AvgIpc) is 2.43. The molecule has 1 aromatic carbocycles. The fraction of sp³-hybridized carbons (Fsp3) is 0.286. The molecule has 1 aliphatic rings. The van der Waals surface area contributed by atoms with Crippen molar-refractivity contribution >= 4 is 29.6 Å². The summed E-state index contributed by atoms with van der Waals surface area (Å²) in [5.41, 5.74) is 1.08. The molecular formula is C14H14ClNO4. The van der Waals surface area contributed by atoms with Crippen molar-refractivity contribution in [2.75, 3.05) is 6.61 Å². The van der Waals surface area contributed by atoms with E-state index in [4.69, 9.17) is 21.4 Å². The number of carboxylic acid groups (broad SMARTS) is 1. The van der Waals surface area contributed by atoms with Gasteiger partial charge in [0.05, 0.1) is 5.57 Å². The Morgan fingerprint density at radius 3 is 2.90 bits per heavy atom. The van der Waals surface area contributed by atoms with E-state index in [2.05, 4.69) is 5.32 Å². The molecule has 6 heteroatoms. The van der Waals surface area contributed by atoms with Gasteiger partial charge in [-0.1, -0.05) is 18.5 Å². The van der Waals surface area contributed by atoms with E-state index in [-0.39, 0.29) is 6.61 Å². The number of hydrogen-bond donors (Lipinski definition) is 2. The summed E-state index contributed by atoms with van der Waals surface area (Å²) in [7, 11) is 0. The molecule has 2 N–H and O–H groups in total. The minimum Gasteiger partial charge on any atom is -0.488 e. The first-order chi connectivity index (χ1) is 9.51. The third kappa shape index (κ3) is 3.11. The van der Waals surface area contributed by atoms with Crippen LogP contribution in [0.5, 0.6) is 5.75 Å². The van der Waals surface area contributed by atoms with Crippen LogP contribution >= 0.6 is 11.6 Å². The van der Waals surface area contributed by atoms with Crippen molar-refractivity contribution < 1.29 is 19.4 Å². The Bertz CT molecular complexity index is 583. The minimum atomic E-state index is -1.05. The van der Waals surface area contributed by atoms with Crippen LogP contribution in [-0.2, 0) is 9.59 Å². The molecule has 0 unspecified atom stereocenters. The van der Waals surface area contributed by atoms with Crippen LogP contribution in [-0.4, -0.2) is 29.6 Å². The van der Waals surface area contributed by atoms with Crippen LogP contribution in [0.2, 0.25) is 5.02 Å². The maximum absolute atomic E-state index is 12.0. The van der Waals surface area contributed by atoms with E-state index in [9.17, 15) is 9.59 Å². The van der Waals surface area contributed by atoms with Crippen molar-refractivity contribution in [1.29, 1.82) is 0 Å². The summed E-state index contributed by atoms with van der Waals surface area (Å²) < 4.78 is 5.45.